The van der Waals surface area contributed by atoms with E-state index < -0.39 is 0 Å². The zero-order chi connectivity index (χ0) is 14.4. The van der Waals surface area contributed by atoms with Crippen molar-refractivity contribution < 1.29 is 9.53 Å². The summed E-state index contributed by atoms with van der Waals surface area (Å²) in [6.45, 7) is 2.89. The van der Waals surface area contributed by atoms with E-state index in [0.717, 1.165) is 11.1 Å². The Balaban J connectivity index is 2.24. The number of carbonyl (C=O) groups is 1. The Hall–Kier alpha value is -2.13. The SMILES string of the molecule is CCOc1ccccc1C(=O)Cc1ccccc1CN. The van der Waals surface area contributed by atoms with E-state index in [2.05, 4.69) is 0 Å². The van der Waals surface area contributed by atoms with Crippen LogP contribution in [-0.2, 0) is 13.0 Å². The zero-order valence-corrected chi connectivity index (χ0v) is 11.6. The van der Waals surface area contributed by atoms with Gasteiger partial charge < -0.3 is 10.5 Å². The number of ether oxygens (including phenoxy) is 1. The van der Waals surface area contributed by atoms with E-state index in [9.17, 15) is 4.79 Å². The molecule has 2 N–H and O–H groups in total. The molecule has 104 valence electrons. The van der Waals surface area contributed by atoms with Gasteiger partial charge in [0.25, 0.3) is 0 Å². The molecule has 0 aliphatic rings. The second-order valence-corrected chi connectivity index (χ2v) is 4.50. The molecule has 0 heterocycles. The molecule has 0 unspecified atom stereocenters. The van der Waals surface area contributed by atoms with E-state index in [1.165, 1.54) is 0 Å². The zero-order valence-electron chi connectivity index (χ0n) is 11.6. The second kappa shape index (κ2) is 6.87. The smallest absolute Gasteiger partial charge is 0.170 e. The molecule has 3 nitrogen and oxygen atoms in total. The minimum Gasteiger partial charge on any atom is -0.493 e. The van der Waals surface area contributed by atoms with Crippen LogP contribution in [0.1, 0.15) is 28.4 Å². The molecule has 20 heavy (non-hydrogen) atoms. The number of rotatable bonds is 6. The monoisotopic (exact) mass is 269 g/mol. The standard InChI is InChI=1S/C17H19NO2/c1-2-20-17-10-6-5-9-15(17)16(19)11-13-7-3-4-8-14(13)12-18/h3-10H,2,11-12,18H2,1H3. The summed E-state index contributed by atoms with van der Waals surface area (Å²) in [7, 11) is 0. The molecule has 0 saturated heterocycles. The summed E-state index contributed by atoms with van der Waals surface area (Å²) >= 11 is 0. The van der Waals surface area contributed by atoms with Gasteiger partial charge in [-0.3, -0.25) is 4.79 Å². The Morgan fingerprint density at radius 1 is 1.05 bits per heavy atom. The highest BCUT2D eigenvalue weighted by Gasteiger charge is 2.13. The van der Waals surface area contributed by atoms with E-state index >= 15 is 0 Å². The van der Waals surface area contributed by atoms with Crippen molar-refractivity contribution in [3.63, 3.8) is 0 Å². The fourth-order valence-corrected chi connectivity index (χ4v) is 2.18. The molecule has 2 aromatic rings. The molecule has 0 saturated carbocycles. The molecular formula is C17H19NO2. The molecule has 3 heteroatoms. The predicted octanol–water partition coefficient (Wildman–Crippen LogP) is 2.97. The minimum atomic E-state index is 0.0509. The molecule has 0 bridgehead atoms. The van der Waals surface area contributed by atoms with Gasteiger partial charge >= 0.3 is 0 Å². The van der Waals surface area contributed by atoms with Crippen LogP contribution in [0.15, 0.2) is 48.5 Å². The first-order chi connectivity index (χ1) is 9.76. The van der Waals surface area contributed by atoms with Gasteiger partial charge in [0, 0.05) is 13.0 Å². The summed E-state index contributed by atoms with van der Waals surface area (Å²) in [4.78, 5) is 12.5. The number of para-hydroxylation sites is 1. The number of Topliss-reactive ketones (excluding diaryl/α,β-unsaturated/α-hetero) is 1. The summed E-state index contributed by atoms with van der Waals surface area (Å²) in [6.07, 6.45) is 0.345. The van der Waals surface area contributed by atoms with Crippen LogP contribution in [0.25, 0.3) is 0 Å². The van der Waals surface area contributed by atoms with Gasteiger partial charge in [0.15, 0.2) is 5.78 Å². The Labute approximate surface area is 119 Å². The number of hydrogen-bond donors (Lipinski definition) is 1. The van der Waals surface area contributed by atoms with Crippen LogP contribution in [0.5, 0.6) is 5.75 Å². The van der Waals surface area contributed by atoms with Gasteiger partial charge in [0.05, 0.1) is 12.2 Å². The summed E-state index contributed by atoms with van der Waals surface area (Å²) in [5, 5.41) is 0. The number of carbonyl (C=O) groups excluding carboxylic acids is 1. The van der Waals surface area contributed by atoms with Crippen LogP contribution in [0.4, 0.5) is 0 Å². The van der Waals surface area contributed by atoms with Crippen LogP contribution in [0.3, 0.4) is 0 Å². The topological polar surface area (TPSA) is 52.3 Å². The van der Waals surface area contributed by atoms with Gasteiger partial charge in [0.2, 0.25) is 0 Å². The number of hydrogen-bond acceptors (Lipinski definition) is 3. The normalized spacial score (nSPS) is 10.3. The quantitative estimate of drug-likeness (QED) is 0.820. The molecule has 0 amide bonds. The Bertz CT molecular complexity index is 593. The Morgan fingerprint density at radius 2 is 1.70 bits per heavy atom. The maximum atomic E-state index is 12.5. The number of nitrogens with two attached hydrogens (primary N) is 1. The highest BCUT2D eigenvalue weighted by Crippen LogP contribution is 2.21. The van der Waals surface area contributed by atoms with Gasteiger partial charge in [-0.25, -0.2) is 0 Å². The van der Waals surface area contributed by atoms with Gasteiger partial charge in [-0.05, 0) is 30.2 Å². The fourth-order valence-electron chi connectivity index (χ4n) is 2.18. The first-order valence-corrected chi connectivity index (χ1v) is 6.78. The lowest BCUT2D eigenvalue weighted by atomic mass is 9.98. The maximum Gasteiger partial charge on any atom is 0.170 e. The van der Waals surface area contributed by atoms with Gasteiger partial charge in [-0.15, -0.1) is 0 Å². The average Bonchev–Trinajstić information content (AvgIpc) is 2.48. The van der Waals surface area contributed by atoms with Gasteiger partial charge in [0.1, 0.15) is 5.75 Å². The van der Waals surface area contributed by atoms with Crippen LogP contribution < -0.4 is 10.5 Å². The summed E-state index contributed by atoms with van der Waals surface area (Å²) in [5.74, 6) is 0.695. The lowest BCUT2D eigenvalue weighted by molar-refractivity contribution is 0.0989. The van der Waals surface area contributed by atoms with Crippen molar-refractivity contribution in [2.75, 3.05) is 6.61 Å². The largest absolute Gasteiger partial charge is 0.493 e. The van der Waals surface area contributed by atoms with E-state index in [1.807, 2.05) is 49.4 Å². The summed E-state index contributed by atoms with van der Waals surface area (Å²) in [5.41, 5.74) is 8.32. The highest BCUT2D eigenvalue weighted by molar-refractivity contribution is 6.00. The fraction of sp³-hybridized carbons (Fsp3) is 0.235. The molecule has 0 aliphatic heterocycles. The van der Waals surface area contributed by atoms with Crippen LogP contribution in [-0.4, -0.2) is 12.4 Å². The van der Waals surface area contributed by atoms with Crippen molar-refractivity contribution in [3.05, 3.63) is 65.2 Å². The van der Waals surface area contributed by atoms with Gasteiger partial charge in [-0.2, -0.15) is 0 Å². The predicted molar refractivity (Wildman–Crippen MR) is 80.0 cm³/mol. The summed E-state index contributed by atoms with van der Waals surface area (Å²) in [6, 6.07) is 15.1. The van der Waals surface area contributed by atoms with Crippen molar-refractivity contribution in [2.45, 2.75) is 19.9 Å². The first-order valence-electron chi connectivity index (χ1n) is 6.78. The van der Waals surface area contributed by atoms with Crippen LogP contribution >= 0.6 is 0 Å². The van der Waals surface area contributed by atoms with Crippen molar-refractivity contribution in [2.24, 2.45) is 5.73 Å². The third-order valence-electron chi connectivity index (χ3n) is 3.18. The van der Waals surface area contributed by atoms with E-state index in [4.69, 9.17) is 10.5 Å². The van der Waals surface area contributed by atoms with E-state index in [-0.39, 0.29) is 5.78 Å². The molecule has 0 fully saturated rings. The highest BCUT2D eigenvalue weighted by atomic mass is 16.5. The maximum absolute atomic E-state index is 12.5. The van der Waals surface area contributed by atoms with Crippen molar-refractivity contribution in [1.82, 2.24) is 0 Å². The third-order valence-corrected chi connectivity index (χ3v) is 3.18. The molecule has 2 rings (SSSR count). The minimum absolute atomic E-state index is 0.0509. The van der Waals surface area contributed by atoms with Gasteiger partial charge in [-0.1, -0.05) is 36.4 Å². The average molecular weight is 269 g/mol. The molecule has 0 aliphatic carbocycles. The Kier molecular flexibility index (Phi) is 4.91. The molecule has 0 atom stereocenters. The molecule has 2 aromatic carbocycles. The van der Waals surface area contributed by atoms with E-state index in [0.29, 0.717) is 30.9 Å². The van der Waals surface area contributed by atoms with Crippen LogP contribution in [0, 0.1) is 0 Å². The third kappa shape index (κ3) is 3.25. The molecule has 0 aromatic heterocycles. The first kappa shape index (κ1) is 14.3. The molecule has 0 radical (unpaired) electrons. The molecular weight excluding hydrogens is 250 g/mol. The molecule has 0 spiro atoms. The second-order valence-electron chi connectivity index (χ2n) is 4.50. The van der Waals surface area contributed by atoms with E-state index in [1.54, 1.807) is 6.07 Å². The lowest BCUT2D eigenvalue weighted by Crippen LogP contribution is -2.10. The van der Waals surface area contributed by atoms with Crippen molar-refractivity contribution in [3.8, 4) is 5.75 Å². The lowest BCUT2D eigenvalue weighted by Gasteiger charge is -2.10. The number of ketones is 1. The van der Waals surface area contributed by atoms with Crippen LogP contribution in [0.2, 0.25) is 0 Å². The number of benzene rings is 2. The van der Waals surface area contributed by atoms with Crippen molar-refractivity contribution >= 4 is 5.78 Å². The summed E-state index contributed by atoms with van der Waals surface area (Å²) < 4.78 is 5.51. The van der Waals surface area contributed by atoms with Crippen molar-refractivity contribution in [1.29, 1.82) is 0 Å². The Morgan fingerprint density at radius 3 is 2.40 bits per heavy atom.